The van der Waals surface area contributed by atoms with Gasteiger partial charge in [-0.2, -0.15) is 4.31 Å². The first-order chi connectivity index (χ1) is 16.1. The first kappa shape index (κ1) is 28.3. The molecule has 1 heterocycles. The maximum absolute atomic E-state index is 13.5. The lowest BCUT2D eigenvalue weighted by molar-refractivity contribution is -0.124. The number of halogens is 1. The molecule has 0 spiro atoms. The van der Waals surface area contributed by atoms with Crippen molar-refractivity contribution in [3.8, 4) is 0 Å². The molecule has 0 aliphatic carbocycles. The van der Waals surface area contributed by atoms with Crippen LogP contribution in [0.5, 0.6) is 0 Å². The summed E-state index contributed by atoms with van der Waals surface area (Å²) in [7, 11) is -3.86. The average molecular weight is 507 g/mol. The van der Waals surface area contributed by atoms with E-state index in [4.69, 9.17) is 11.6 Å². The van der Waals surface area contributed by atoms with Gasteiger partial charge in [-0.3, -0.25) is 4.79 Å². The normalized spacial score (nSPS) is 17.9. The van der Waals surface area contributed by atoms with Gasteiger partial charge in [0.1, 0.15) is 6.04 Å². The number of allylic oxidation sites excluding steroid dienone is 5. The second-order valence-electron chi connectivity index (χ2n) is 9.29. The van der Waals surface area contributed by atoms with Gasteiger partial charge in [-0.1, -0.05) is 46.5 Å². The SMILES string of the molecule is CC(C)=CCCC(C)=CCCC(C)=CCN(C1CCCCNC1=O)S(=O)(=O)c1ccc(Cl)cc1. The van der Waals surface area contributed by atoms with Gasteiger partial charge in [0.05, 0.1) is 4.90 Å². The van der Waals surface area contributed by atoms with Crippen LogP contribution in [0.3, 0.4) is 0 Å². The van der Waals surface area contributed by atoms with Gasteiger partial charge in [-0.25, -0.2) is 8.42 Å². The summed E-state index contributed by atoms with van der Waals surface area (Å²) < 4.78 is 28.4. The molecule has 0 aromatic heterocycles. The Balaban J connectivity index is 2.15. The highest BCUT2D eigenvalue weighted by atomic mass is 35.5. The van der Waals surface area contributed by atoms with Crippen LogP contribution >= 0.6 is 11.6 Å². The molecule has 2 rings (SSSR count). The Morgan fingerprint density at radius 1 is 1.00 bits per heavy atom. The lowest BCUT2D eigenvalue weighted by Crippen LogP contribution is -2.48. The van der Waals surface area contributed by atoms with E-state index in [9.17, 15) is 13.2 Å². The molecule has 5 nitrogen and oxygen atoms in total. The molecule has 1 saturated heterocycles. The molecule has 1 aliphatic heterocycles. The van der Waals surface area contributed by atoms with Crippen molar-refractivity contribution in [2.45, 2.75) is 83.6 Å². The van der Waals surface area contributed by atoms with Crippen molar-refractivity contribution in [1.82, 2.24) is 9.62 Å². The number of sulfonamides is 1. The highest BCUT2D eigenvalue weighted by Crippen LogP contribution is 2.24. The van der Waals surface area contributed by atoms with Crippen molar-refractivity contribution < 1.29 is 13.2 Å². The number of nitrogens with zero attached hydrogens (tertiary/aromatic N) is 1. The monoisotopic (exact) mass is 506 g/mol. The summed E-state index contributed by atoms with van der Waals surface area (Å²) in [6.45, 7) is 9.15. The Morgan fingerprint density at radius 2 is 1.62 bits per heavy atom. The van der Waals surface area contributed by atoms with Crippen molar-refractivity contribution in [1.29, 1.82) is 0 Å². The molecule has 1 aliphatic rings. The van der Waals surface area contributed by atoms with Gasteiger partial charge in [0.15, 0.2) is 0 Å². The molecule has 1 aromatic rings. The second kappa shape index (κ2) is 13.9. The Labute approximate surface area is 211 Å². The van der Waals surface area contributed by atoms with E-state index >= 15 is 0 Å². The number of benzene rings is 1. The minimum Gasteiger partial charge on any atom is -0.355 e. The number of rotatable bonds is 11. The van der Waals surface area contributed by atoms with Gasteiger partial charge in [-0.15, -0.1) is 0 Å². The number of nitrogens with one attached hydrogen (secondary N) is 1. The molecule has 1 N–H and O–H groups in total. The summed E-state index contributed by atoms with van der Waals surface area (Å²) in [6.07, 6.45) is 12.5. The fraction of sp³-hybridized carbons (Fsp3) is 0.519. The zero-order chi connectivity index (χ0) is 25.1. The van der Waals surface area contributed by atoms with Crippen LogP contribution in [-0.2, 0) is 14.8 Å². The average Bonchev–Trinajstić information content (AvgIpc) is 2.98. The van der Waals surface area contributed by atoms with Gasteiger partial charge >= 0.3 is 0 Å². The predicted molar refractivity (Wildman–Crippen MR) is 141 cm³/mol. The quantitative estimate of drug-likeness (QED) is 0.352. The Morgan fingerprint density at radius 3 is 2.26 bits per heavy atom. The molecule has 0 radical (unpaired) electrons. The molecule has 0 saturated carbocycles. The largest absolute Gasteiger partial charge is 0.355 e. The highest BCUT2D eigenvalue weighted by Gasteiger charge is 2.35. The topological polar surface area (TPSA) is 66.5 Å². The molecular formula is C27H39ClN2O3S. The third-order valence-corrected chi connectivity index (χ3v) is 8.16. The molecule has 1 fully saturated rings. The van der Waals surface area contributed by atoms with E-state index in [2.05, 4.69) is 38.2 Å². The lowest BCUT2D eigenvalue weighted by atomic mass is 10.1. The fourth-order valence-electron chi connectivity index (χ4n) is 3.92. The second-order valence-corrected chi connectivity index (χ2v) is 11.6. The first-order valence-electron chi connectivity index (χ1n) is 12.1. The summed E-state index contributed by atoms with van der Waals surface area (Å²) in [4.78, 5) is 12.9. The molecule has 7 heteroatoms. The smallest absolute Gasteiger partial charge is 0.244 e. The predicted octanol–water partition coefficient (Wildman–Crippen LogP) is 6.42. The fourth-order valence-corrected chi connectivity index (χ4v) is 5.60. The minimum atomic E-state index is -3.86. The molecule has 1 amide bonds. The summed E-state index contributed by atoms with van der Waals surface area (Å²) in [5.74, 6) is -0.226. The summed E-state index contributed by atoms with van der Waals surface area (Å²) in [6, 6.07) is 5.40. The van der Waals surface area contributed by atoms with Crippen LogP contribution in [0, 0.1) is 0 Å². The first-order valence-corrected chi connectivity index (χ1v) is 13.9. The van der Waals surface area contributed by atoms with Gasteiger partial charge in [-0.05, 0) is 96.9 Å². The highest BCUT2D eigenvalue weighted by molar-refractivity contribution is 7.89. The van der Waals surface area contributed by atoms with E-state index < -0.39 is 16.1 Å². The maximum atomic E-state index is 13.5. The van der Waals surface area contributed by atoms with Crippen LogP contribution < -0.4 is 5.32 Å². The molecule has 1 aromatic carbocycles. The maximum Gasteiger partial charge on any atom is 0.244 e. The summed E-state index contributed by atoms with van der Waals surface area (Å²) in [5, 5.41) is 3.34. The van der Waals surface area contributed by atoms with Crippen LogP contribution in [-0.4, -0.2) is 37.8 Å². The number of amides is 1. The van der Waals surface area contributed by atoms with Crippen molar-refractivity contribution in [3.63, 3.8) is 0 Å². The van der Waals surface area contributed by atoms with Crippen LogP contribution in [0.2, 0.25) is 5.02 Å². The van der Waals surface area contributed by atoms with Crippen molar-refractivity contribution in [2.24, 2.45) is 0 Å². The zero-order valence-corrected chi connectivity index (χ0v) is 22.5. The number of hydrogen-bond donors (Lipinski definition) is 1. The Kier molecular flexibility index (Phi) is 11.6. The molecule has 34 heavy (non-hydrogen) atoms. The number of carbonyl (C=O) groups excluding carboxylic acids is 1. The third kappa shape index (κ3) is 9.05. The summed E-state index contributed by atoms with van der Waals surface area (Å²) >= 11 is 5.96. The van der Waals surface area contributed by atoms with E-state index in [1.165, 1.54) is 27.6 Å². The van der Waals surface area contributed by atoms with E-state index in [1.807, 2.05) is 13.0 Å². The van der Waals surface area contributed by atoms with Crippen molar-refractivity contribution in [3.05, 3.63) is 64.2 Å². The standard InChI is InChI=1S/C27H39ClN2O3S/c1-21(2)9-7-10-22(3)11-8-12-23(4)18-20-30(26-13-5-6-19-29-27(26)31)34(32,33)25-16-14-24(28)15-17-25/h9,11,14-18,26H,5-8,10,12-13,19-20H2,1-4H3,(H,29,31). The molecule has 1 atom stereocenters. The molecule has 188 valence electrons. The van der Waals surface area contributed by atoms with Gasteiger partial charge in [0, 0.05) is 18.1 Å². The summed E-state index contributed by atoms with van der Waals surface area (Å²) in [5.41, 5.74) is 3.82. The van der Waals surface area contributed by atoms with Crippen LogP contribution in [0.1, 0.15) is 72.6 Å². The van der Waals surface area contributed by atoms with Crippen molar-refractivity contribution >= 4 is 27.5 Å². The Hall–Kier alpha value is -1.89. The Bertz CT molecular complexity index is 1010. The van der Waals surface area contributed by atoms with Crippen LogP contribution in [0.4, 0.5) is 0 Å². The van der Waals surface area contributed by atoms with Crippen LogP contribution in [0.25, 0.3) is 0 Å². The van der Waals surface area contributed by atoms with E-state index in [0.29, 0.717) is 18.0 Å². The molecule has 0 bridgehead atoms. The molecular weight excluding hydrogens is 468 g/mol. The van der Waals surface area contributed by atoms with E-state index in [1.54, 1.807) is 12.1 Å². The lowest BCUT2D eigenvalue weighted by Gasteiger charge is -2.28. The molecule has 1 unspecified atom stereocenters. The van der Waals surface area contributed by atoms with Crippen LogP contribution in [0.15, 0.2) is 64.1 Å². The third-order valence-electron chi connectivity index (χ3n) is 6.02. The van der Waals surface area contributed by atoms with E-state index in [-0.39, 0.29) is 17.3 Å². The van der Waals surface area contributed by atoms with Gasteiger partial charge in [0.2, 0.25) is 15.9 Å². The number of hydrogen-bond acceptors (Lipinski definition) is 3. The number of carbonyl (C=O) groups is 1. The van der Waals surface area contributed by atoms with Crippen molar-refractivity contribution in [2.75, 3.05) is 13.1 Å². The van der Waals surface area contributed by atoms with Gasteiger partial charge in [0.25, 0.3) is 0 Å². The van der Waals surface area contributed by atoms with E-state index in [0.717, 1.165) is 44.1 Å². The minimum absolute atomic E-state index is 0.148. The zero-order valence-electron chi connectivity index (χ0n) is 20.9. The van der Waals surface area contributed by atoms with Gasteiger partial charge < -0.3 is 5.32 Å².